The first-order valence-corrected chi connectivity index (χ1v) is 10.9. The molecule has 2 aliphatic rings. The van der Waals surface area contributed by atoms with E-state index in [-0.39, 0.29) is 35.2 Å². The number of hydrogen-bond acceptors (Lipinski definition) is 7. The van der Waals surface area contributed by atoms with Crippen molar-refractivity contribution in [1.82, 2.24) is 15.3 Å². The Balaban J connectivity index is 1.66. The highest BCUT2D eigenvalue weighted by atomic mass is 19.1. The highest BCUT2D eigenvalue weighted by molar-refractivity contribution is 5.98. The molecule has 1 spiro atoms. The van der Waals surface area contributed by atoms with Crippen molar-refractivity contribution in [3.05, 3.63) is 36.5 Å². The van der Waals surface area contributed by atoms with E-state index in [4.69, 9.17) is 4.74 Å². The van der Waals surface area contributed by atoms with Crippen LogP contribution in [0.15, 0.2) is 30.7 Å². The van der Waals surface area contributed by atoms with Crippen LogP contribution in [0.3, 0.4) is 0 Å². The van der Waals surface area contributed by atoms with Crippen LogP contribution in [0.4, 0.5) is 15.9 Å². The fourth-order valence-corrected chi connectivity index (χ4v) is 4.48. The van der Waals surface area contributed by atoms with E-state index in [9.17, 15) is 14.0 Å². The molecule has 2 aliphatic heterocycles. The summed E-state index contributed by atoms with van der Waals surface area (Å²) in [5.74, 6) is 0.145. The molecule has 9 heteroatoms. The number of hydrogen-bond donors (Lipinski definition) is 1. The number of anilines is 2. The maximum Gasteiger partial charge on any atom is 0.230 e. The summed E-state index contributed by atoms with van der Waals surface area (Å²) in [6.07, 6.45) is 5.87. The summed E-state index contributed by atoms with van der Waals surface area (Å²) in [7, 11) is 0. The zero-order valence-corrected chi connectivity index (χ0v) is 18.4. The van der Waals surface area contributed by atoms with Gasteiger partial charge in [0, 0.05) is 37.0 Å². The lowest BCUT2D eigenvalue weighted by atomic mass is 9.87. The molecule has 32 heavy (non-hydrogen) atoms. The molecule has 4 rings (SSSR count). The zero-order valence-electron chi connectivity index (χ0n) is 18.4. The molecular formula is C23H28FN5O3. The summed E-state index contributed by atoms with van der Waals surface area (Å²) in [6, 6.07) is 3.92. The molecule has 1 unspecified atom stereocenters. The standard InChI is InChI=1S/C23H28FN5O3/c1-16(2)22(31)29(9-10-30)18-11-17(24)3-4-19(18)32-20-12-26-15-27-21(20)28-8-6-23(14-28)5-7-25-13-23/h3-4,10-12,15-16,25H,5-9,13-14H2,1-2H3. The second-order valence-corrected chi connectivity index (χ2v) is 8.79. The van der Waals surface area contributed by atoms with Crippen LogP contribution in [-0.2, 0) is 9.59 Å². The number of rotatable bonds is 7. The molecule has 0 aliphatic carbocycles. The molecule has 0 bridgehead atoms. The number of halogens is 1. The number of nitrogens with zero attached hydrogens (tertiary/aromatic N) is 4. The van der Waals surface area contributed by atoms with Crippen LogP contribution < -0.4 is 19.9 Å². The lowest BCUT2D eigenvalue weighted by molar-refractivity contribution is -0.122. The van der Waals surface area contributed by atoms with Gasteiger partial charge in [0.25, 0.3) is 0 Å². The van der Waals surface area contributed by atoms with E-state index in [0.717, 1.165) is 39.0 Å². The second-order valence-electron chi connectivity index (χ2n) is 8.79. The minimum Gasteiger partial charge on any atom is -0.450 e. The van der Waals surface area contributed by atoms with Crippen LogP contribution in [0.1, 0.15) is 26.7 Å². The third-order valence-corrected chi connectivity index (χ3v) is 6.18. The predicted octanol–water partition coefficient (Wildman–Crippen LogP) is 2.79. The van der Waals surface area contributed by atoms with Crippen LogP contribution in [0.25, 0.3) is 0 Å². The molecule has 2 fully saturated rings. The summed E-state index contributed by atoms with van der Waals surface area (Å²) in [6.45, 7) is 6.99. The van der Waals surface area contributed by atoms with Gasteiger partial charge >= 0.3 is 0 Å². The SMILES string of the molecule is CC(C)C(=O)N(CC=O)c1cc(F)ccc1Oc1cncnc1N1CCC2(CCNC2)C1. The van der Waals surface area contributed by atoms with Gasteiger partial charge in [-0.25, -0.2) is 14.4 Å². The Hall–Kier alpha value is -3.07. The number of aromatic nitrogens is 2. The lowest BCUT2D eigenvalue weighted by Gasteiger charge is -2.26. The van der Waals surface area contributed by atoms with E-state index in [2.05, 4.69) is 20.2 Å². The molecule has 1 atom stereocenters. The van der Waals surface area contributed by atoms with Gasteiger partial charge in [-0.2, -0.15) is 0 Å². The minimum atomic E-state index is -0.528. The quantitative estimate of drug-likeness (QED) is 0.661. The molecule has 3 heterocycles. The molecule has 0 radical (unpaired) electrons. The lowest BCUT2D eigenvalue weighted by Crippen LogP contribution is -2.36. The second kappa shape index (κ2) is 9.20. The number of nitrogens with one attached hydrogen (secondary N) is 1. The smallest absolute Gasteiger partial charge is 0.230 e. The first-order chi connectivity index (χ1) is 15.4. The average Bonchev–Trinajstić information content (AvgIpc) is 3.43. The van der Waals surface area contributed by atoms with Crippen LogP contribution in [0.5, 0.6) is 11.5 Å². The largest absolute Gasteiger partial charge is 0.450 e. The Morgan fingerprint density at radius 1 is 1.38 bits per heavy atom. The van der Waals surface area contributed by atoms with Crippen molar-refractivity contribution in [2.24, 2.45) is 11.3 Å². The van der Waals surface area contributed by atoms with E-state index < -0.39 is 5.82 Å². The Labute approximate surface area is 186 Å². The van der Waals surface area contributed by atoms with Crippen molar-refractivity contribution < 1.29 is 18.7 Å². The summed E-state index contributed by atoms with van der Waals surface area (Å²) in [4.78, 5) is 36.0. The molecule has 2 aromatic rings. The summed E-state index contributed by atoms with van der Waals surface area (Å²) in [5.41, 5.74) is 0.441. The van der Waals surface area contributed by atoms with Gasteiger partial charge in [0.05, 0.1) is 18.4 Å². The average molecular weight is 442 g/mol. The normalized spacial score (nSPS) is 20.2. The molecule has 8 nitrogen and oxygen atoms in total. The van der Waals surface area contributed by atoms with Gasteiger partial charge in [0.2, 0.25) is 5.91 Å². The number of carbonyl (C=O) groups excluding carboxylic acids is 2. The van der Waals surface area contributed by atoms with Crippen molar-refractivity contribution in [1.29, 1.82) is 0 Å². The van der Waals surface area contributed by atoms with Crippen molar-refractivity contribution in [2.75, 3.05) is 42.5 Å². The van der Waals surface area contributed by atoms with Crippen molar-refractivity contribution in [3.8, 4) is 11.5 Å². The van der Waals surface area contributed by atoms with Gasteiger partial charge in [0.1, 0.15) is 18.4 Å². The molecule has 1 amide bonds. The van der Waals surface area contributed by atoms with E-state index in [0.29, 0.717) is 17.9 Å². The van der Waals surface area contributed by atoms with Gasteiger partial charge in [-0.05, 0) is 31.5 Å². The van der Waals surface area contributed by atoms with Gasteiger partial charge in [-0.1, -0.05) is 13.8 Å². The van der Waals surface area contributed by atoms with Crippen LogP contribution >= 0.6 is 0 Å². The summed E-state index contributed by atoms with van der Waals surface area (Å²) in [5, 5.41) is 3.45. The van der Waals surface area contributed by atoms with Gasteiger partial charge < -0.3 is 24.6 Å². The molecule has 170 valence electrons. The zero-order chi connectivity index (χ0) is 22.7. The van der Waals surface area contributed by atoms with E-state index in [1.165, 1.54) is 29.4 Å². The summed E-state index contributed by atoms with van der Waals surface area (Å²) >= 11 is 0. The molecule has 1 N–H and O–H groups in total. The third-order valence-electron chi connectivity index (χ3n) is 6.18. The number of benzene rings is 1. The predicted molar refractivity (Wildman–Crippen MR) is 119 cm³/mol. The first-order valence-electron chi connectivity index (χ1n) is 10.9. The topological polar surface area (TPSA) is 87.7 Å². The maximum atomic E-state index is 14.1. The Bertz CT molecular complexity index is 993. The maximum absolute atomic E-state index is 14.1. The number of ether oxygens (including phenoxy) is 1. The number of carbonyl (C=O) groups is 2. The summed E-state index contributed by atoms with van der Waals surface area (Å²) < 4.78 is 20.3. The van der Waals surface area contributed by atoms with Gasteiger partial charge in [-0.3, -0.25) is 4.79 Å². The molecule has 0 saturated carbocycles. The van der Waals surface area contributed by atoms with Crippen molar-refractivity contribution in [2.45, 2.75) is 26.7 Å². The van der Waals surface area contributed by atoms with Crippen LogP contribution in [0, 0.1) is 17.2 Å². The Kier molecular flexibility index (Phi) is 6.36. The van der Waals surface area contributed by atoms with E-state index >= 15 is 0 Å². The highest BCUT2D eigenvalue weighted by Crippen LogP contribution is 2.42. The number of amides is 1. The third kappa shape index (κ3) is 4.43. The molecular weight excluding hydrogens is 413 g/mol. The van der Waals surface area contributed by atoms with E-state index in [1.807, 2.05) is 0 Å². The Morgan fingerprint density at radius 2 is 2.22 bits per heavy atom. The molecule has 1 aromatic carbocycles. The number of aldehydes is 1. The fraction of sp³-hybridized carbons (Fsp3) is 0.478. The van der Waals surface area contributed by atoms with Crippen molar-refractivity contribution in [3.63, 3.8) is 0 Å². The minimum absolute atomic E-state index is 0.198. The Morgan fingerprint density at radius 3 is 2.94 bits per heavy atom. The monoisotopic (exact) mass is 441 g/mol. The van der Waals surface area contributed by atoms with Crippen LogP contribution in [-0.4, -0.2) is 54.9 Å². The first kappa shape index (κ1) is 22.1. The van der Waals surface area contributed by atoms with Crippen molar-refractivity contribution >= 4 is 23.7 Å². The van der Waals surface area contributed by atoms with Gasteiger partial charge in [0.15, 0.2) is 17.3 Å². The van der Waals surface area contributed by atoms with Crippen LogP contribution in [0.2, 0.25) is 0 Å². The molecule has 2 saturated heterocycles. The van der Waals surface area contributed by atoms with Gasteiger partial charge in [-0.15, -0.1) is 0 Å². The highest BCUT2D eigenvalue weighted by Gasteiger charge is 2.41. The fourth-order valence-electron chi connectivity index (χ4n) is 4.48. The molecule has 1 aromatic heterocycles. The van der Waals surface area contributed by atoms with E-state index in [1.54, 1.807) is 20.0 Å².